The maximum atomic E-state index is 11.3. The number of allylic oxidation sites excluding steroid dienone is 1. The zero-order valence-corrected chi connectivity index (χ0v) is 17.7. The smallest absolute Gasteiger partial charge is 0.193 e. The fourth-order valence-electron chi connectivity index (χ4n) is 1.83. The predicted octanol–water partition coefficient (Wildman–Crippen LogP) is 2.54. The highest BCUT2D eigenvalue weighted by Gasteiger charge is 2.21. The Balaban J connectivity index is 0. The molecule has 5 nitrogen and oxygen atoms in total. The molecule has 0 atom stereocenters. The monoisotopic (exact) mass is 445 g/mol. The van der Waals surface area contributed by atoms with Gasteiger partial charge in [-0.1, -0.05) is 19.9 Å². The van der Waals surface area contributed by atoms with Gasteiger partial charge in [-0.05, 0) is 24.7 Å². The second-order valence-corrected chi connectivity index (χ2v) is 8.56. The maximum absolute atomic E-state index is 11.3. The van der Waals surface area contributed by atoms with E-state index in [4.69, 9.17) is 0 Å². The summed E-state index contributed by atoms with van der Waals surface area (Å²) < 4.78 is 22.5. The predicted molar refractivity (Wildman–Crippen MR) is 107 cm³/mol. The van der Waals surface area contributed by atoms with Crippen molar-refractivity contribution in [3.63, 3.8) is 0 Å². The van der Waals surface area contributed by atoms with Gasteiger partial charge in [-0.25, -0.2) is 8.42 Å². The van der Waals surface area contributed by atoms with E-state index in [-0.39, 0.29) is 35.1 Å². The Morgan fingerprint density at radius 3 is 2.45 bits per heavy atom. The number of nitrogens with zero attached hydrogens (tertiary/aromatic N) is 2. The second-order valence-electron chi connectivity index (χ2n) is 6.30. The molecule has 0 spiro atoms. The van der Waals surface area contributed by atoms with Crippen molar-refractivity contribution in [2.75, 3.05) is 39.2 Å². The molecule has 0 saturated carbocycles. The fourth-order valence-corrected chi connectivity index (χ4v) is 2.76. The molecule has 0 rings (SSSR count). The lowest BCUT2D eigenvalue weighted by atomic mass is 9.90. The van der Waals surface area contributed by atoms with Crippen LogP contribution in [0, 0.1) is 5.41 Å². The molecule has 0 aliphatic rings. The van der Waals surface area contributed by atoms with E-state index in [1.165, 1.54) is 6.26 Å². The molecule has 0 unspecified atom stereocenters. The molecule has 7 heteroatoms. The Morgan fingerprint density at radius 1 is 1.41 bits per heavy atom. The topological polar surface area (TPSA) is 61.8 Å². The van der Waals surface area contributed by atoms with Crippen LogP contribution in [0.4, 0.5) is 0 Å². The van der Waals surface area contributed by atoms with Gasteiger partial charge in [0.2, 0.25) is 0 Å². The van der Waals surface area contributed by atoms with Crippen LogP contribution < -0.4 is 5.32 Å². The van der Waals surface area contributed by atoms with Gasteiger partial charge in [0.1, 0.15) is 9.84 Å². The molecule has 0 aromatic carbocycles. The van der Waals surface area contributed by atoms with Crippen molar-refractivity contribution in [2.24, 2.45) is 10.4 Å². The van der Waals surface area contributed by atoms with E-state index in [1.54, 1.807) is 7.05 Å². The summed E-state index contributed by atoms with van der Waals surface area (Å²) in [6.45, 7) is 9.46. The molecule has 1 N–H and O–H groups in total. The zero-order chi connectivity index (χ0) is 16.5. The van der Waals surface area contributed by atoms with Gasteiger partial charge in [0.15, 0.2) is 5.96 Å². The maximum Gasteiger partial charge on any atom is 0.193 e. The molecule has 22 heavy (non-hydrogen) atoms. The molecular weight excluding hydrogens is 413 g/mol. The van der Waals surface area contributed by atoms with Gasteiger partial charge in [-0.2, -0.15) is 0 Å². The Bertz CT molecular complexity index is 448. The van der Waals surface area contributed by atoms with Crippen molar-refractivity contribution in [2.45, 2.75) is 33.1 Å². The third-order valence-corrected chi connectivity index (χ3v) is 4.30. The highest BCUT2D eigenvalue weighted by molar-refractivity contribution is 14.0. The van der Waals surface area contributed by atoms with Gasteiger partial charge in [0.25, 0.3) is 0 Å². The quantitative estimate of drug-likeness (QED) is 0.195. The van der Waals surface area contributed by atoms with Gasteiger partial charge in [-0.3, -0.25) is 4.99 Å². The van der Waals surface area contributed by atoms with Crippen LogP contribution in [-0.4, -0.2) is 58.5 Å². The van der Waals surface area contributed by atoms with E-state index in [1.807, 2.05) is 13.1 Å². The van der Waals surface area contributed by atoms with Crippen molar-refractivity contribution in [3.05, 3.63) is 12.7 Å². The molecule has 0 radical (unpaired) electrons. The van der Waals surface area contributed by atoms with Crippen molar-refractivity contribution >= 4 is 39.8 Å². The van der Waals surface area contributed by atoms with Crippen LogP contribution in [0.25, 0.3) is 0 Å². The molecule has 0 aromatic heterocycles. The summed E-state index contributed by atoms with van der Waals surface area (Å²) in [7, 11) is 0.851. The normalized spacial score (nSPS) is 12.5. The number of rotatable bonds is 9. The van der Waals surface area contributed by atoms with E-state index in [9.17, 15) is 8.42 Å². The van der Waals surface area contributed by atoms with Crippen LogP contribution in [0.1, 0.15) is 33.1 Å². The summed E-state index contributed by atoms with van der Waals surface area (Å²) in [5, 5.41) is 3.33. The van der Waals surface area contributed by atoms with Crippen molar-refractivity contribution in [1.29, 1.82) is 0 Å². The Kier molecular flexibility index (Phi) is 12.3. The number of aliphatic imine (C=N–C) groups is 1. The average Bonchev–Trinajstić information content (AvgIpc) is 2.37. The van der Waals surface area contributed by atoms with Crippen molar-refractivity contribution in [1.82, 2.24) is 10.2 Å². The number of hydrogen-bond donors (Lipinski definition) is 1. The minimum absolute atomic E-state index is 0. The first-order valence-corrected chi connectivity index (χ1v) is 9.38. The summed E-state index contributed by atoms with van der Waals surface area (Å²) in [6.07, 6.45) is 5.86. The minimum atomic E-state index is -2.91. The third-order valence-electron chi connectivity index (χ3n) is 3.35. The van der Waals surface area contributed by atoms with Gasteiger partial charge in [0.05, 0.1) is 5.75 Å². The van der Waals surface area contributed by atoms with Crippen LogP contribution in [0.5, 0.6) is 0 Å². The van der Waals surface area contributed by atoms with Crippen molar-refractivity contribution < 1.29 is 8.42 Å². The number of hydrogen-bond acceptors (Lipinski definition) is 3. The summed E-state index contributed by atoms with van der Waals surface area (Å²) in [6, 6.07) is 0. The summed E-state index contributed by atoms with van der Waals surface area (Å²) in [5.74, 6) is 1.06. The summed E-state index contributed by atoms with van der Waals surface area (Å²) >= 11 is 0. The first kappa shape index (κ1) is 23.9. The highest BCUT2D eigenvalue weighted by atomic mass is 127. The number of guanidine groups is 1. The van der Waals surface area contributed by atoms with Crippen LogP contribution in [-0.2, 0) is 9.84 Å². The van der Waals surface area contributed by atoms with E-state index >= 15 is 0 Å². The van der Waals surface area contributed by atoms with Crippen LogP contribution in [0.2, 0.25) is 0 Å². The Hall–Kier alpha value is -0.310. The standard InChI is InChI=1S/C15H31N3O2S.HI/c1-7-8-9-11-18(5)14(16-4)17-13-15(2,3)10-12-21(6,19)20;/h7H,1,8-13H2,2-6H3,(H,16,17);1H. The molecule has 132 valence electrons. The average molecular weight is 445 g/mol. The lowest BCUT2D eigenvalue weighted by molar-refractivity contribution is 0.340. The van der Waals surface area contributed by atoms with Crippen LogP contribution in [0.3, 0.4) is 0 Å². The third kappa shape index (κ3) is 12.3. The second kappa shape index (κ2) is 11.3. The minimum Gasteiger partial charge on any atom is -0.356 e. The molecule has 0 aliphatic carbocycles. The molecule has 0 bridgehead atoms. The fraction of sp³-hybridized carbons (Fsp3) is 0.800. The van der Waals surface area contributed by atoms with E-state index in [2.05, 4.69) is 35.6 Å². The lowest BCUT2D eigenvalue weighted by Crippen LogP contribution is -2.43. The largest absolute Gasteiger partial charge is 0.356 e. The van der Waals surface area contributed by atoms with Crippen LogP contribution in [0.15, 0.2) is 17.6 Å². The molecule has 0 aromatic rings. The first-order chi connectivity index (χ1) is 9.61. The summed E-state index contributed by atoms with van der Waals surface area (Å²) in [4.78, 5) is 6.35. The Morgan fingerprint density at radius 2 is 2.00 bits per heavy atom. The first-order valence-electron chi connectivity index (χ1n) is 7.32. The number of nitrogens with one attached hydrogen (secondary N) is 1. The van der Waals surface area contributed by atoms with Gasteiger partial charge >= 0.3 is 0 Å². The molecular formula is C15H32IN3O2S. The van der Waals surface area contributed by atoms with Crippen molar-refractivity contribution in [3.8, 4) is 0 Å². The Labute approximate surface area is 153 Å². The molecule has 0 amide bonds. The SMILES string of the molecule is C=CCCCN(C)C(=NC)NCC(C)(C)CCS(C)(=O)=O.I. The van der Waals surface area contributed by atoms with Crippen LogP contribution >= 0.6 is 24.0 Å². The molecule has 0 fully saturated rings. The zero-order valence-electron chi connectivity index (χ0n) is 14.6. The van der Waals surface area contributed by atoms with E-state index < -0.39 is 9.84 Å². The molecule has 0 heterocycles. The highest BCUT2D eigenvalue weighted by Crippen LogP contribution is 2.19. The number of sulfone groups is 1. The lowest BCUT2D eigenvalue weighted by Gasteiger charge is -2.28. The number of unbranched alkanes of at least 4 members (excludes halogenated alkanes) is 1. The van der Waals surface area contributed by atoms with Gasteiger partial charge in [-0.15, -0.1) is 30.6 Å². The number of halogens is 1. The van der Waals surface area contributed by atoms with E-state index in [0.717, 1.165) is 25.3 Å². The molecule has 0 aliphatic heterocycles. The summed E-state index contributed by atoms with van der Waals surface area (Å²) in [5.41, 5.74) is -0.0963. The van der Waals surface area contributed by atoms with E-state index in [0.29, 0.717) is 13.0 Å². The van der Waals surface area contributed by atoms with Gasteiger partial charge < -0.3 is 10.2 Å². The molecule has 0 saturated heterocycles. The van der Waals surface area contributed by atoms with Gasteiger partial charge in [0, 0.05) is 33.4 Å².